The first-order valence-corrected chi connectivity index (χ1v) is 6.61. The van der Waals surface area contributed by atoms with E-state index in [1.54, 1.807) is 12.1 Å². The third kappa shape index (κ3) is 2.58. The maximum atomic E-state index is 9.93. The van der Waals surface area contributed by atoms with Crippen molar-refractivity contribution < 1.29 is 5.11 Å². The molecule has 0 aliphatic carbocycles. The van der Waals surface area contributed by atoms with Gasteiger partial charge in [-0.25, -0.2) is 0 Å². The maximum Gasteiger partial charge on any atom is 0.120 e. The highest BCUT2D eigenvalue weighted by Crippen LogP contribution is 2.36. The Morgan fingerprint density at radius 3 is 2.71 bits per heavy atom. The van der Waals surface area contributed by atoms with Gasteiger partial charge in [-0.15, -0.1) is 0 Å². The van der Waals surface area contributed by atoms with Crippen LogP contribution < -0.4 is 0 Å². The molecule has 0 saturated carbocycles. The Kier molecular flexibility index (Phi) is 3.64. The van der Waals surface area contributed by atoms with Crippen molar-refractivity contribution in [2.24, 2.45) is 5.92 Å². The monoisotopic (exact) mass is 253 g/mol. The molecule has 1 N–H and O–H groups in total. The Bertz CT molecular complexity index is 407. The number of aromatic hydroxyl groups is 1. The second kappa shape index (κ2) is 4.87. The molecular formula is C14H20ClNO. The van der Waals surface area contributed by atoms with Gasteiger partial charge in [0.25, 0.3) is 0 Å². The van der Waals surface area contributed by atoms with Crippen LogP contribution in [0.5, 0.6) is 5.75 Å². The van der Waals surface area contributed by atoms with E-state index in [4.69, 9.17) is 11.6 Å². The summed E-state index contributed by atoms with van der Waals surface area (Å²) in [5.41, 5.74) is 0.929. The third-order valence-electron chi connectivity index (χ3n) is 3.77. The SMILES string of the molecule is CC1CC(C)N(C(C)c2cc(Cl)ccc2O)C1. The predicted octanol–water partition coefficient (Wildman–Crippen LogP) is 3.84. The lowest BCUT2D eigenvalue weighted by atomic mass is 10.1. The minimum Gasteiger partial charge on any atom is -0.508 e. The Morgan fingerprint density at radius 1 is 1.41 bits per heavy atom. The van der Waals surface area contributed by atoms with Crippen molar-refractivity contribution in [1.82, 2.24) is 4.90 Å². The average Bonchev–Trinajstić information content (AvgIpc) is 2.60. The minimum atomic E-state index is 0.216. The molecule has 0 radical (unpaired) electrons. The molecule has 1 aliphatic heterocycles. The van der Waals surface area contributed by atoms with Gasteiger partial charge in [0.05, 0.1) is 0 Å². The van der Waals surface area contributed by atoms with Crippen LogP contribution in [0.15, 0.2) is 18.2 Å². The van der Waals surface area contributed by atoms with Gasteiger partial charge in [-0.1, -0.05) is 18.5 Å². The zero-order valence-electron chi connectivity index (χ0n) is 10.7. The summed E-state index contributed by atoms with van der Waals surface area (Å²) in [5, 5.41) is 10.6. The molecule has 1 saturated heterocycles. The van der Waals surface area contributed by atoms with Gasteiger partial charge in [0, 0.05) is 29.2 Å². The van der Waals surface area contributed by atoms with Crippen LogP contribution in [0, 0.1) is 5.92 Å². The van der Waals surface area contributed by atoms with E-state index in [0.29, 0.717) is 16.8 Å². The molecule has 94 valence electrons. The lowest BCUT2D eigenvalue weighted by molar-refractivity contribution is 0.198. The van der Waals surface area contributed by atoms with Gasteiger partial charge < -0.3 is 5.11 Å². The second-order valence-corrected chi connectivity index (χ2v) is 5.70. The number of rotatable bonds is 2. The number of hydrogen-bond acceptors (Lipinski definition) is 2. The van der Waals surface area contributed by atoms with Crippen molar-refractivity contribution in [2.75, 3.05) is 6.54 Å². The molecule has 3 unspecified atom stereocenters. The lowest BCUT2D eigenvalue weighted by Crippen LogP contribution is -2.30. The van der Waals surface area contributed by atoms with E-state index in [1.165, 1.54) is 6.42 Å². The molecule has 17 heavy (non-hydrogen) atoms. The largest absolute Gasteiger partial charge is 0.508 e. The number of benzene rings is 1. The van der Waals surface area contributed by atoms with E-state index in [1.807, 2.05) is 6.07 Å². The van der Waals surface area contributed by atoms with Crippen LogP contribution >= 0.6 is 11.6 Å². The molecule has 1 aromatic carbocycles. The normalized spacial score (nSPS) is 27.3. The number of phenols is 1. The van der Waals surface area contributed by atoms with Gasteiger partial charge in [0.1, 0.15) is 5.75 Å². The molecule has 1 heterocycles. The van der Waals surface area contributed by atoms with Crippen molar-refractivity contribution in [3.8, 4) is 5.75 Å². The molecular weight excluding hydrogens is 234 g/mol. The Morgan fingerprint density at radius 2 is 2.12 bits per heavy atom. The highest BCUT2D eigenvalue weighted by atomic mass is 35.5. The maximum absolute atomic E-state index is 9.93. The molecule has 0 aromatic heterocycles. The lowest BCUT2D eigenvalue weighted by Gasteiger charge is -2.29. The van der Waals surface area contributed by atoms with Gasteiger partial charge in [-0.3, -0.25) is 4.90 Å². The molecule has 0 spiro atoms. The minimum absolute atomic E-state index is 0.216. The number of likely N-dealkylation sites (tertiary alicyclic amines) is 1. The summed E-state index contributed by atoms with van der Waals surface area (Å²) in [6, 6.07) is 6.06. The van der Waals surface area contributed by atoms with Gasteiger partial charge >= 0.3 is 0 Å². The summed E-state index contributed by atoms with van der Waals surface area (Å²) >= 11 is 6.00. The smallest absolute Gasteiger partial charge is 0.120 e. The number of halogens is 1. The Labute approximate surface area is 108 Å². The molecule has 0 amide bonds. The summed E-state index contributed by atoms with van der Waals surface area (Å²) in [6.45, 7) is 7.76. The van der Waals surface area contributed by atoms with Gasteiger partial charge in [0.2, 0.25) is 0 Å². The highest BCUT2D eigenvalue weighted by Gasteiger charge is 2.31. The van der Waals surface area contributed by atoms with E-state index >= 15 is 0 Å². The summed E-state index contributed by atoms with van der Waals surface area (Å²) in [7, 11) is 0. The molecule has 0 bridgehead atoms. The fourth-order valence-electron chi connectivity index (χ4n) is 2.91. The van der Waals surface area contributed by atoms with E-state index in [2.05, 4.69) is 25.7 Å². The van der Waals surface area contributed by atoms with E-state index in [0.717, 1.165) is 18.0 Å². The van der Waals surface area contributed by atoms with Crippen molar-refractivity contribution >= 4 is 11.6 Å². The fraction of sp³-hybridized carbons (Fsp3) is 0.571. The summed E-state index contributed by atoms with van der Waals surface area (Å²) in [4.78, 5) is 2.44. The van der Waals surface area contributed by atoms with Crippen LogP contribution in [0.4, 0.5) is 0 Å². The van der Waals surface area contributed by atoms with Crippen LogP contribution in [0.25, 0.3) is 0 Å². The van der Waals surface area contributed by atoms with Crippen LogP contribution in [-0.4, -0.2) is 22.6 Å². The van der Waals surface area contributed by atoms with Crippen molar-refractivity contribution in [3.63, 3.8) is 0 Å². The van der Waals surface area contributed by atoms with E-state index in [9.17, 15) is 5.11 Å². The standard InChI is InChI=1S/C14H20ClNO/c1-9-6-10(2)16(8-9)11(3)13-7-12(15)4-5-14(13)17/h4-5,7,9-11,17H,6,8H2,1-3H3. The van der Waals surface area contributed by atoms with Crippen molar-refractivity contribution in [2.45, 2.75) is 39.3 Å². The summed E-state index contributed by atoms with van der Waals surface area (Å²) in [6.07, 6.45) is 1.23. The average molecular weight is 254 g/mol. The first-order valence-electron chi connectivity index (χ1n) is 6.23. The molecule has 3 atom stereocenters. The quantitative estimate of drug-likeness (QED) is 0.866. The van der Waals surface area contributed by atoms with Gasteiger partial charge in [0.15, 0.2) is 0 Å². The summed E-state index contributed by atoms with van der Waals surface area (Å²) in [5.74, 6) is 1.07. The van der Waals surface area contributed by atoms with Crippen LogP contribution in [-0.2, 0) is 0 Å². The van der Waals surface area contributed by atoms with E-state index < -0.39 is 0 Å². The Hall–Kier alpha value is -0.730. The third-order valence-corrected chi connectivity index (χ3v) is 4.00. The molecule has 1 aliphatic rings. The van der Waals surface area contributed by atoms with Crippen LogP contribution in [0.3, 0.4) is 0 Å². The number of phenolic OH excluding ortho intramolecular Hbond substituents is 1. The van der Waals surface area contributed by atoms with Crippen LogP contribution in [0.2, 0.25) is 5.02 Å². The number of nitrogens with zero attached hydrogens (tertiary/aromatic N) is 1. The Balaban J connectivity index is 2.24. The summed E-state index contributed by atoms with van der Waals surface area (Å²) < 4.78 is 0. The zero-order chi connectivity index (χ0) is 12.6. The van der Waals surface area contributed by atoms with E-state index in [-0.39, 0.29) is 6.04 Å². The van der Waals surface area contributed by atoms with Crippen molar-refractivity contribution in [1.29, 1.82) is 0 Å². The molecule has 2 rings (SSSR count). The molecule has 1 aromatic rings. The first kappa shape index (κ1) is 12.7. The van der Waals surface area contributed by atoms with Gasteiger partial charge in [-0.2, -0.15) is 0 Å². The molecule has 3 heteroatoms. The number of hydrogen-bond donors (Lipinski definition) is 1. The first-order chi connectivity index (χ1) is 7.99. The van der Waals surface area contributed by atoms with Gasteiger partial charge in [-0.05, 0) is 44.4 Å². The molecule has 1 fully saturated rings. The predicted molar refractivity (Wildman–Crippen MR) is 71.5 cm³/mol. The van der Waals surface area contributed by atoms with Crippen molar-refractivity contribution in [3.05, 3.63) is 28.8 Å². The second-order valence-electron chi connectivity index (χ2n) is 5.27. The topological polar surface area (TPSA) is 23.5 Å². The highest BCUT2D eigenvalue weighted by molar-refractivity contribution is 6.30. The zero-order valence-corrected chi connectivity index (χ0v) is 11.4. The fourth-order valence-corrected chi connectivity index (χ4v) is 3.09. The molecule has 2 nitrogen and oxygen atoms in total. The van der Waals surface area contributed by atoms with Crippen LogP contribution in [0.1, 0.15) is 38.8 Å².